The Morgan fingerprint density at radius 1 is 1.09 bits per heavy atom. The average Bonchev–Trinajstić information content (AvgIpc) is 2.96. The second-order valence-electron chi connectivity index (χ2n) is 4.62. The quantitative estimate of drug-likeness (QED) is 0.742. The smallest absolute Gasteiger partial charge is 0.337 e. The fourth-order valence-electron chi connectivity index (χ4n) is 2.10. The number of rotatable bonds is 3. The molecule has 3 rings (SSSR count). The number of hydrogen-bond acceptors (Lipinski definition) is 3. The summed E-state index contributed by atoms with van der Waals surface area (Å²) in [5, 5.41) is 15.0. The van der Waals surface area contributed by atoms with Crippen LogP contribution in [0.5, 0.6) is 0 Å². The van der Waals surface area contributed by atoms with Gasteiger partial charge >= 0.3 is 5.97 Å². The van der Waals surface area contributed by atoms with Crippen molar-refractivity contribution in [1.82, 2.24) is 0 Å². The summed E-state index contributed by atoms with van der Waals surface area (Å²) in [5.41, 5.74) is 0.641. The highest BCUT2D eigenvalue weighted by atomic mass is 35.5. The highest BCUT2D eigenvalue weighted by molar-refractivity contribution is 7.17. The molecular formula is C16H10ClNO3S. The molecule has 1 aromatic heterocycles. The molecule has 0 aliphatic heterocycles. The molecule has 22 heavy (non-hydrogen) atoms. The van der Waals surface area contributed by atoms with Crippen LogP contribution in [0.2, 0.25) is 5.02 Å². The minimum atomic E-state index is -1.15. The highest BCUT2D eigenvalue weighted by Crippen LogP contribution is 2.24. The van der Waals surface area contributed by atoms with E-state index in [0.717, 1.165) is 10.1 Å². The van der Waals surface area contributed by atoms with Gasteiger partial charge in [0, 0.05) is 15.3 Å². The van der Waals surface area contributed by atoms with Gasteiger partial charge in [-0.1, -0.05) is 11.6 Å². The third-order valence-corrected chi connectivity index (χ3v) is 4.31. The number of anilines is 1. The van der Waals surface area contributed by atoms with Crippen molar-refractivity contribution in [2.75, 3.05) is 5.32 Å². The van der Waals surface area contributed by atoms with Crippen LogP contribution >= 0.6 is 22.9 Å². The number of carbonyl (C=O) groups excluding carboxylic acids is 1. The van der Waals surface area contributed by atoms with Crippen LogP contribution < -0.4 is 5.32 Å². The zero-order chi connectivity index (χ0) is 15.7. The topological polar surface area (TPSA) is 66.4 Å². The maximum atomic E-state index is 12.3. The van der Waals surface area contributed by atoms with Crippen LogP contribution in [0.25, 0.3) is 10.1 Å². The van der Waals surface area contributed by atoms with Crippen molar-refractivity contribution >= 4 is 50.6 Å². The number of nitrogens with one attached hydrogen (secondary N) is 1. The molecule has 0 aliphatic rings. The van der Waals surface area contributed by atoms with E-state index in [1.807, 2.05) is 17.5 Å². The van der Waals surface area contributed by atoms with Crippen molar-refractivity contribution in [2.24, 2.45) is 0 Å². The molecule has 0 saturated carbocycles. The molecule has 2 N–H and O–H groups in total. The lowest BCUT2D eigenvalue weighted by molar-refractivity contribution is 0.0698. The van der Waals surface area contributed by atoms with Crippen molar-refractivity contribution in [3.63, 3.8) is 0 Å². The number of carboxylic acids is 1. The molecule has 2 aromatic carbocycles. The van der Waals surface area contributed by atoms with E-state index in [0.29, 0.717) is 10.6 Å². The van der Waals surface area contributed by atoms with Gasteiger partial charge in [-0.25, -0.2) is 4.79 Å². The van der Waals surface area contributed by atoms with E-state index in [2.05, 4.69) is 5.32 Å². The van der Waals surface area contributed by atoms with Gasteiger partial charge in [-0.15, -0.1) is 11.3 Å². The first kappa shape index (κ1) is 14.6. The van der Waals surface area contributed by atoms with Crippen molar-refractivity contribution in [3.05, 3.63) is 64.0 Å². The monoisotopic (exact) mass is 331 g/mol. The summed E-state index contributed by atoms with van der Waals surface area (Å²) in [4.78, 5) is 23.5. The first-order valence-corrected chi connectivity index (χ1v) is 7.62. The number of amides is 1. The molecule has 0 fully saturated rings. The molecule has 110 valence electrons. The third-order valence-electron chi connectivity index (χ3n) is 3.17. The maximum absolute atomic E-state index is 12.3. The molecule has 1 heterocycles. The zero-order valence-electron chi connectivity index (χ0n) is 11.2. The van der Waals surface area contributed by atoms with Crippen LogP contribution in [0, 0.1) is 0 Å². The molecule has 0 bridgehead atoms. The Kier molecular flexibility index (Phi) is 3.83. The van der Waals surface area contributed by atoms with Crippen LogP contribution in [0.4, 0.5) is 5.69 Å². The lowest BCUT2D eigenvalue weighted by atomic mass is 10.1. The molecule has 1 amide bonds. The lowest BCUT2D eigenvalue weighted by Gasteiger charge is -2.09. The van der Waals surface area contributed by atoms with Crippen molar-refractivity contribution < 1.29 is 14.7 Å². The number of hydrogen-bond donors (Lipinski definition) is 2. The summed E-state index contributed by atoms with van der Waals surface area (Å²) in [6.07, 6.45) is 0. The Morgan fingerprint density at radius 2 is 1.91 bits per heavy atom. The summed E-state index contributed by atoms with van der Waals surface area (Å²) in [6.45, 7) is 0. The minimum Gasteiger partial charge on any atom is -0.478 e. The first-order chi connectivity index (χ1) is 10.5. The average molecular weight is 332 g/mol. The highest BCUT2D eigenvalue weighted by Gasteiger charge is 2.14. The van der Waals surface area contributed by atoms with Crippen molar-refractivity contribution in [3.8, 4) is 0 Å². The number of halogens is 1. The van der Waals surface area contributed by atoms with Gasteiger partial charge in [0.1, 0.15) is 0 Å². The number of aromatic carboxylic acids is 1. The Labute approximate surface area is 135 Å². The van der Waals surface area contributed by atoms with Gasteiger partial charge in [0.25, 0.3) is 5.91 Å². The van der Waals surface area contributed by atoms with Gasteiger partial charge < -0.3 is 10.4 Å². The largest absolute Gasteiger partial charge is 0.478 e. The summed E-state index contributed by atoms with van der Waals surface area (Å²) in [5.74, 6) is -1.51. The Hall–Kier alpha value is -2.37. The van der Waals surface area contributed by atoms with Crippen molar-refractivity contribution in [1.29, 1.82) is 0 Å². The second-order valence-corrected chi connectivity index (χ2v) is 6.01. The summed E-state index contributed by atoms with van der Waals surface area (Å²) >= 11 is 7.39. The van der Waals surface area contributed by atoms with Crippen molar-refractivity contribution in [2.45, 2.75) is 0 Å². The van der Waals surface area contributed by atoms with Gasteiger partial charge in [-0.2, -0.15) is 0 Å². The maximum Gasteiger partial charge on any atom is 0.337 e. The van der Waals surface area contributed by atoms with Gasteiger partial charge in [0.15, 0.2) is 0 Å². The van der Waals surface area contributed by atoms with Gasteiger partial charge in [-0.05, 0) is 53.2 Å². The van der Waals surface area contributed by atoms with E-state index in [1.165, 1.54) is 18.2 Å². The van der Waals surface area contributed by atoms with Crippen LogP contribution in [0.1, 0.15) is 20.7 Å². The Morgan fingerprint density at radius 3 is 2.68 bits per heavy atom. The number of thiophene rings is 1. The van der Waals surface area contributed by atoms with E-state index in [4.69, 9.17) is 11.6 Å². The fourth-order valence-corrected chi connectivity index (χ4v) is 3.05. The first-order valence-electron chi connectivity index (χ1n) is 6.36. The van der Waals surface area contributed by atoms with Gasteiger partial charge in [0.05, 0.1) is 11.3 Å². The number of fused-ring (bicyclic) bond motifs is 1. The van der Waals surface area contributed by atoms with E-state index in [9.17, 15) is 14.7 Å². The van der Waals surface area contributed by atoms with E-state index in [-0.39, 0.29) is 17.2 Å². The second kappa shape index (κ2) is 5.79. The molecule has 3 aromatic rings. The molecule has 0 radical (unpaired) electrons. The zero-order valence-corrected chi connectivity index (χ0v) is 12.7. The molecule has 4 nitrogen and oxygen atoms in total. The molecule has 0 unspecified atom stereocenters. The molecule has 0 aliphatic carbocycles. The SMILES string of the molecule is O=C(Nc1ccc(Cl)cc1C(=O)O)c1ccc2sccc2c1. The van der Waals surface area contributed by atoms with E-state index < -0.39 is 5.97 Å². The van der Waals surface area contributed by atoms with Gasteiger partial charge in [0.2, 0.25) is 0 Å². The van der Waals surface area contributed by atoms with Crippen LogP contribution in [0.15, 0.2) is 47.8 Å². The van der Waals surface area contributed by atoms with E-state index in [1.54, 1.807) is 23.5 Å². The van der Waals surface area contributed by atoms with Gasteiger partial charge in [-0.3, -0.25) is 4.79 Å². The fraction of sp³-hybridized carbons (Fsp3) is 0. The summed E-state index contributed by atoms with van der Waals surface area (Å²) in [7, 11) is 0. The predicted octanol–water partition coefficient (Wildman–Crippen LogP) is 4.51. The van der Waals surface area contributed by atoms with Crippen LogP contribution in [-0.4, -0.2) is 17.0 Å². The van der Waals surface area contributed by atoms with Crippen LogP contribution in [0.3, 0.4) is 0 Å². The lowest BCUT2D eigenvalue weighted by Crippen LogP contribution is -2.14. The molecule has 0 atom stereocenters. The standard InChI is InChI=1S/C16H10ClNO3S/c17-11-2-3-13(12(8-11)16(20)21)18-15(19)10-1-4-14-9(7-10)5-6-22-14/h1-8H,(H,18,19)(H,20,21). The Bertz CT molecular complexity index is 888. The number of carboxylic acid groups (broad SMARTS) is 1. The molecular weight excluding hydrogens is 322 g/mol. The molecule has 6 heteroatoms. The van der Waals surface area contributed by atoms with E-state index >= 15 is 0 Å². The minimum absolute atomic E-state index is 0.0440. The number of benzene rings is 2. The summed E-state index contributed by atoms with van der Waals surface area (Å²) in [6, 6.07) is 11.6. The predicted molar refractivity (Wildman–Crippen MR) is 88.2 cm³/mol. The Balaban J connectivity index is 1.92. The normalized spacial score (nSPS) is 10.6. The van der Waals surface area contributed by atoms with Crippen LogP contribution in [-0.2, 0) is 0 Å². The number of carbonyl (C=O) groups is 2. The molecule has 0 saturated heterocycles. The molecule has 0 spiro atoms. The summed E-state index contributed by atoms with van der Waals surface area (Å²) < 4.78 is 1.09. The third kappa shape index (κ3) is 2.81.